The molecule has 0 aromatic heterocycles. The Bertz CT molecular complexity index is 522. The van der Waals surface area contributed by atoms with E-state index in [9.17, 15) is 14.7 Å². The average molecular weight is 294 g/mol. The molecule has 0 saturated carbocycles. The van der Waals surface area contributed by atoms with Gasteiger partial charge in [0.25, 0.3) is 0 Å². The summed E-state index contributed by atoms with van der Waals surface area (Å²) in [5, 5.41) is 18.2. The molecule has 0 amide bonds. The number of benzene rings is 1. The van der Waals surface area contributed by atoms with E-state index >= 15 is 0 Å². The Morgan fingerprint density at radius 1 is 1.19 bits per heavy atom. The minimum absolute atomic E-state index is 0.0752. The van der Waals surface area contributed by atoms with Crippen molar-refractivity contribution in [2.75, 3.05) is 14.2 Å². The first-order valence-electron chi connectivity index (χ1n) is 6.33. The van der Waals surface area contributed by atoms with Crippen molar-refractivity contribution in [1.82, 2.24) is 0 Å². The Morgan fingerprint density at radius 2 is 1.76 bits per heavy atom. The first-order chi connectivity index (χ1) is 9.97. The second-order valence-electron chi connectivity index (χ2n) is 4.32. The largest absolute Gasteiger partial charge is 0.502 e. The number of carboxylic acid groups (broad SMARTS) is 1. The molecular weight excluding hydrogens is 276 g/mol. The third kappa shape index (κ3) is 5.18. The zero-order valence-electron chi connectivity index (χ0n) is 12.0. The van der Waals surface area contributed by atoms with E-state index in [0.717, 1.165) is 5.56 Å². The van der Waals surface area contributed by atoms with Crippen molar-refractivity contribution in [2.45, 2.75) is 19.3 Å². The normalized spacial score (nSPS) is 10.6. The Morgan fingerprint density at radius 3 is 2.24 bits per heavy atom. The minimum Gasteiger partial charge on any atom is -0.502 e. The lowest BCUT2D eigenvalue weighted by Crippen LogP contribution is -2.05. The topological polar surface area (TPSA) is 93.1 Å². The van der Waals surface area contributed by atoms with E-state index in [2.05, 4.69) is 0 Å². The maximum absolute atomic E-state index is 11.2. The van der Waals surface area contributed by atoms with Gasteiger partial charge in [-0.15, -0.1) is 0 Å². The lowest BCUT2D eigenvalue weighted by atomic mass is 10.1. The number of ketones is 1. The van der Waals surface area contributed by atoms with Crippen molar-refractivity contribution in [1.29, 1.82) is 0 Å². The molecule has 0 heterocycles. The molecule has 2 N–H and O–H groups in total. The molecule has 1 aromatic rings. The van der Waals surface area contributed by atoms with Crippen LogP contribution < -0.4 is 9.47 Å². The van der Waals surface area contributed by atoms with Crippen LogP contribution in [0.25, 0.3) is 6.08 Å². The monoisotopic (exact) mass is 294 g/mol. The number of aromatic hydroxyl groups is 1. The molecule has 0 aliphatic carbocycles. The standard InChI is InChI=1S/C15H18O6/c1-20-12-7-10(8-13(21-2)15(12)19)5-3-4-6-11(16)9-14(17)18/h3,5,7-8,19H,4,6,9H2,1-2H3,(H,17,18). The third-order valence-corrected chi connectivity index (χ3v) is 2.75. The van der Waals surface area contributed by atoms with Gasteiger partial charge in [0.05, 0.1) is 14.2 Å². The summed E-state index contributed by atoms with van der Waals surface area (Å²) in [6.07, 6.45) is 3.67. The zero-order chi connectivity index (χ0) is 15.8. The SMILES string of the molecule is COc1cc(C=CCCC(=O)CC(=O)O)cc(OC)c1O. The van der Waals surface area contributed by atoms with Gasteiger partial charge in [0.2, 0.25) is 5.75 Å². The maximum Gasteiger partial charge on any atom is 0.310 e. The number of hydrogen-bond acceptors (Lipinski definition) is 5. The molecule has 21 heavy (non-hydrogen) atoms. The molecular formula is C15H18O6. The van der Waals surface area contributed by atoms with Gasteiger partial charge in [-0.25, -0.2) is 0 Å². The van der Waals surface area contributed by atoms with Crippen LogP contribution in [0.3, 0.4) is 0 Å². The molecule has 1 rings (SSSR count). The summed E-state index contributed by atoms with van der Waals surface area (Å²) in [7, 11) is 2.87. The van der Waals surface area contributed by atoms with E-state index in [1.165, 1.54) is 14.2 Å². The van der Waals surface area contributed by atoms with E-state index in [4.69, 9.17) is 14.6 Å². The molecule has 0 saturated heterocycles. The summed E-state index contributed by atoms with van der Waals surface area (Å²) >= 11 is 0. The molecule has 0 aliphatic rings. The molecule has 1 aromatic carbocycles. The highest BCUT2D eigenvalue weighted by Gasteiger charge is 2.10. The molecule has 0 atom stereocenters. The van der Waals surface area contributed by atoms with Gasteiger partial charge in [-0.05, 0) is 24.1 Å². The number of methoxy groups -OCH3 is 2. The van der Waals surface area contributed by atoms with Crippen LogP contribution in [0.5, 0.6) is 17.2 Å². The van der Waals surface area contributed by atoms with Gasteiger partial charge >= 0.3 is 5.97 Å². The van der Waals surface area contributed by atoms with Gasteiger partial charge in [-0.2, -0.15) is 0 Å². The smallest absolute Gasteiger partial charge is 0.310 e. The van der Waals surface area contributed by atoms with Crippen LogP contribution in [0.2, 0.25) is 0 Å². The Hall–Kier alpha value is -2.50. The molecule has 0 unspecified atom stereocenters. The van der Waals surface area contributed by atoms with Crippen molar-refractivity contribution in [3.8, 4) is 17.2 Å². The number of phenolic OH excluding ortho intramolecular Hbond substituents is 1. The predicted molar refractivity (Wildman–Crippen MR) is 76.7 cm³/mol. The van der Waals surface area contributed by atoms with Crippen molar-refractivity contribution in [3.63, 3.8) is 0 Å². The molecule has 0 bridgehead atoms. The van der Waals surface area contributed by atoms with Crippen LogP contribution in [-0.2, 0) is 9.59 Å². The fraction of sp³-hybridized carbons (Fsp3) is 0.333. The van der Waals surface area contributed by atoms with Crippen LogP contribution in [0.15, 0.2) is 18.2 Å². The van der Waals surface area contributed by atoms with Crippen molar-refractivity contribution >= 4 is 17.8 Å². The highest BCUT2D eigenvalue weighted by atomic mass is 16.5. The second-order valence-corrected chi connectivity index (χ2v) is 4.32. The molecule has 0 fully saturated rings. The molecule has 114 valence electrons. The number of phenols is 1. The zero-order valence-corrected chi connectivity index (χ0v) is 12.0. The van der Waals surface area contributed by atoms with Crippen LogP contribution in [0, 0.1) is 0 Å². The predicted octanol–water partition coefficient (Wildman–Crippen LogP) is 2.25. The third-order valence-electron chi connectivity index (χ3n) is 2.75. The molecule has 6 nitrogen and oxygen atoms in total. The summed E-state index contributed by atoms with van der Waals surface area (Å²) in [4.78, 5) is 21.6. The highest BCUT2D eigenvalue weighted by molar-refractivity contribution is 5.94. The summed E-state index contributed by atoms with van der Waals surface area (Å²) in [5.41, 5.74) is 0.743. The minimum atomic E-state index is -1.11. The number of carboxylic acids is 1. The van der Waals surface area contributed by atoms with Gasteiger partial charge < -0.3 is 19.7 Å². The van der Waals surface area contributed by atoms with E-state index in [1.807, 2.05) is 0 Å². The van der Waals surface area contributed by atoms with E-state index in [0.29, 0.717) is 6.42 Å². The number of Topliss-reactive ketones (excluding diaryl/α,β-unsaturated/α-hetero) is 1. The van der Waals surface area contributed by atoms with E-state index in [-0.39, 0.29) is 29.5 Å². The number of ether oxygens (including phenoxy) is 2. The average Bonchev–Trinajstić information content (AvgIpc) is 2.44. The first-order valence-corrected chi connectivity index (χ1v) is 6.33. The fourth-order valence-corrected chi connectivity index (χ4v) is 1.73. The second kappa shape index (κ2) is 7.94. The Labute approximate surface area is 122 Å². The van der Waals surface area contributed by atoms with Crippen LogP contribution in [0.1, 0.15) is 24.8 Å². The summed E-state index contributed by atoms with van der Waals surface area (Å²) < 4.78 is 10.1. The number of hydrogen-bond donors (Lipinski definition) is 2. The summed E-state index contributed by atoms with van der Waals surface area (Å²) in [6, 6.07) is 3.26. The quantitative estimate of drug-likeness (QED) is 0.714. The first kappa shape index (κ1) is 16.6. The van der Waals surface area contributed by atoms with Gasteiger partial charge in [0, 0.05) is 6.42 Å². The molecule has 0 aliphatic heterocycles. The number of aliphatic carboxylic acids is 1. The van der Waals surface area contributed by atoms with Crippen molar-refractivity contribution in [3.05, 3.63) is 23.8 Å². The molecule has 6 heteroatoms. The Balaban J connectivity index is 2.68. The number of allylic oxidation sites excluding steroid dienone is 1. The Kier molecular flexibility index (Phi) is 6.26. The molecule has 0 spiro atoms. The van der Waals surface area contributed by atoms with Gasteiger partial charge in [0.15, 0.2) is 11.5 Å². The van der Waals surface area contributed by atoms with E-state index < -0.39 is 12.4 Å². The lowest BCUT2D eigenvalue weighted by molar-refractivity contribution is -0.140. The number of rotatable bonds is 8. The molecule has 0 radical (unpaired) electrons. The van der Waals surface area contributed by atoms with Crippen LogP contribution in [-0.4, -0.2) is 36.2 Å². The fourth-order valence-electron chi connectivity index (χ4n) is 1.73. The van der Waals surface area contributed by atoms with Gasteiger partial charge in [-0.1, -0.05) is 12.2 Å². The summed E-state index contributed by atoms with van der Waals surface area (Å²) in [6.45, 7) is 0. The summed E-state index contributed by atoms with van der Waals surface area (Å²) in [5.74, 6) is -0.925. The lowest BCUT2D eigenvalue weighted by Gasteiger charge is -2.09. The van der Waals surface area contributed by atoms with Crippen LogP contribution >= 0.6 is 0 Å². The van der Waals surface area contributed by atoms with Crippen molar-refractivity contribution in [2.24, 2.45) is 0 Å². The number of carbonyl (C=O) groups excluding carboxylic acids is 1. The highest BCUT2D eigenvalue weighted by Crippen LogP contribution is 2.37. The number of carbonyl (C=O) groups is 2. The van der Waals surface area contributed by atoms with Gasteiger partial charge in [0.1, 0.15) is 12.2 Å². The van der Waals surface area contributed by atoms with E-state index in [1.54, 1.807) is 24.3 Å². The maximum atomic E-state index is 11.2. The van der Waals surface area contributed by atoms with Gasteiger partial charge in [-0.3, -0.25) is 9.59 Å². The van der Waals surface area contributed by atoms with Crippen LogP contribution in [0.4, 0.5) is 0 Å². The van der Waals surface area contributed by atoms with Crippen molar-refractivity contribution < 1.29 is 29.3 Å².